The van der Waals surface area contributed by atoms with E-state index in [2.05, 4.69) is 4.72 Å². The fourth-order valence-corrected chi connectivity index (χ4v) is 4.19. The Labute approximate surface area is 140 Å². The van der Waals surface area contributed by atoms with Crippen LogP contribution in [0.5, 0.6) is 0 Å². The highest BCUT2D eigenvalue weighted by molar-refractivity contribution is 7.93. The lowest BCUT2D eigenvalue weighted by atomic mass is 9.81. The van der Waals surface area contributed by atoms with E-state index in [9.17, 15) is 18.5 Å². The quantitative estimate of drug-likeness (QED) is 0.499. The summed E-state index contributed by atoms with van der Waals surface area (Å²) >= 11 is 6.46. The monoisotopic (exact) mass is 356 g/mol. The minimum Gasteiger partial charge on any atom is -0.259 e. The number of sulfonamides is 1. The Morgan fingerprint density at radius 1 is 1.35 bits per heavy atom. The molecule has 8 heteroatoms. The lowest BCUT2D eigenvalue weighted by Crippen LogP contribution is -2.35. The molecular weight excluding hydrogens is 340 g/mol. The van der Waals surface area contributed by atoms with Crippen LogP contribution in [0.1, 0.15) is 25.3 Å². The number of nitrogens with one attached hydrogen (secondary N) is 1. The van der Waals surface area contributed by atoms with Crippen molar-refractivity contribution in [3.8, 4) is 0 Å². The zero-order chi connectivity index (χ0) is 17.3. The van der Waals surface area contributed by atoms with Crippen molar-refractivity contribution in [2.75, 3.05) is 6.54 Å². The second-order valence-electron chi connectivity index (χ2n) is 5.34. The average Bonchev–Trinajstić information content (AvgIpc) is 2.46. The SMILES string of the molecule is CCNS(=O)(=O)C1=C([N+](=O)[O-])C(c2ccccc2)C(C)(Cl)C=C1. The van der Waals surface area contributed by atoms with Crippen LogP contribution in [0.2, 0.25) is 0 Å². The molecule has 0 saturated heterocycles. The number of rotatable bonds is 5. The van der Waals surface area contributed by atoms with E-state index in [0.29, 0.717) is 5.56 Å². The Hall–Kier alpha value is -1.70. The minimum absolute atomic E-state index is 0.138. The molecule has 0 bridgehead atoms. The van der Waals surface area contributed by atoms with Crippen LogP contribution in [0.15, 0.2) is 53.1 Å². The third-order valence-electron chi connectivity index (χ3n) is 3.60. The number of alkyl halides is 1. The van der Waals surface area contributed by atoms with Crippen molar-refractivity contribution in [1.29, 1.82) is 0 Å². The maximum Gasteiger partial charge on any atom is 0.275 e. The van der Waals surface area contributed by atoms with E-state index in [1.807, 2.05) is 0 Å². The molecule has 0 saturated carbocycles. The first-order valence-electron chi connectivity index (χ1n) is 7.02. The highest BCUT2D eigenvalue weighted by Gasteiger charge is 2.47. The van der Waals surface area contributed by atoms with Crippen molar-refractivity contribution in [3.05, 3.63) is 68.8 Å². The van der Waals surface area contributed by atoms with Gasteiger partial charge in [-0.05, 0) is 18.6 Å². The summed E-state index contributed by atoms with van der Waals surface area (Å²) in [6.45, 7) is 3.37. The zero-order valence-corrected chi connectivity index (χ0v) is 14.3. The Morgan fingerprint density at radius 2 is 1.96 bits per heavy atom. The second kappa shape index (κ2) is 6.43. The fraction of sp³-hybridized carbons (Fsp3) is 0.333. The van der Waals surface area contributed by atoms with Crippen LogP contribution in [0.4, 0.5) is 0 Å². The predicted octanol–water partition coefficient (Wildman–Crippen LogP) is 2.77. The average molecular weight is 357 g/mol. The molecule has 1 aromatic rings. The van der Waals surface area contributed by atoms with Gasteiger partial charge in [-0.25, -0.2) is 13.1 Å². The van der Waals surface area contributed by atoms with Gasteiger partial charge in [0.2, 0.25) is 10.0 Å². The van der Waals surface area contributed by atoms with Gasteiger partial charge in [0.15, 0.2) is 4.91 Å². The van der Waals surface area contributed by atoms with Gasteiger partial charge in [-0.15, -0.1) is 11.6 Å². The van der Waals surface area contributed by atoms with Crippen molar-refractivity contribution >= 4 is 21.6 Å². The highest BCUT2D eigenvalue weighted by Crippen LogP contribution is 2.45. The number of halogens is 1. The van der Waals surface area contributed by atoms with E-state index in [1.165, 1.54) is 12.2 Å². The van der Waals surface area contributed by atoms with Gasteiger partial charge < -0.3 is 0 Å². The van der Waals surface area contributed by atoms with Crippen molar-refractivity contribution in [1.82, 2.24) is 4.72 Å². The van der Waals surface area contributed by atoms with E-state index in [4.69, 9.17) is 11.6 Å². The molecule has 1 aromatic carbocycles. The van der Waals surface area contributed by atoms with E-state index in [-0.39, 0.29) is 11.4 Å². The van der Waals surface area contributed by atoms with Gasteiger partial charge in [0, 0.05) is 6.54 Å². The van der Waals surface area contributed by atoms with Crippen LogP contribution >= 0.6 is 11.6 Å². The molecule has 1 aliphatic rings. The summed E-state index contributed by atoms with van der Waals surface area (Å²) in [5.74, 6) is -0.881. The molecule has 0 aliphatic heterocycles. The molecule has 6 nitrogen and oxygen atoms in total. The first kappa shape index (κ1) is 17.7. The number of benzene rings is 1. The van der Waals surface area contributed by atoms with E-state index in [0.717, 1.165) is 0 Å². The molecule has 23 heavy (non-hydrogen) atoms. The summed E-state index contributed by atoms with van der Waals surface area (Å²) < 4.78 is 26.9. The number of allylic oxidation sites excluding steroid dienone is 3. The Bertz CT molecular complexity index is 770. The molecule has 2 unspecified atom stereocenters. The maximum atomic E-state index is 12.3. The number of hydrogen-bond donors (Lipinski definition) is 1. The summed E-state index contributed by atoms with van der Waals surface area (Å²) in [5.41, 5.74) is 0.169. The fourth-order valence-electron chi connectivity index (χ4n) is 2.65. The number of hydrogen-bond acceptors (Lipinski definition) is 4. The van der Waals surface area contributed by atoms with Gasteiger partial charge in [0.05, 0.1) is 15.7 Å². The molecule has 0 spiro atoms. The predicted molar refractivity (Wildman–Crippen MR) is 89.2 cm³/mol. The third-order valence-corrected chi connectivity index (χ3v) is 5.54. The smallest absolute Gasteiger partial charge is 0.259 e. The van der Waals surface area contributed by atoms with Crippen LogP contribution < -0.4 is 4.72 Å². The Balaban J connectivity index is 2.73. The first-order chi connectivity index (χ1) is 10.7. The standard InChI is InChI=1S/C15H17ClN2O4S/c1-3-17-23(21,22)12-9-10-15(2,16)13(14(12)18(19)20)11-7-5-4-6-8-11/h4-10,13,17H,3H2,1-2H3. The molecule has 0 amide bonds. The van der Waals surface area contributed by atoms with E-state index in [1.54, 1.807) is 44.2 Å². The molecule has 0 fully saturated rings. The third kappa shape index (κ3) is 3.46. The first-order valence-corrected chi connectivity index (χ1v) is 8.88. The Morgan fingerprint density at radius 3 is 2.48 bits per heavy atom. The van der Waals surface area contributed by atoms with Gasteiger partial charge in [-0.1, -0.05) is 43.3 Å². The largest absolute Gasteiger partial charge is 0.275 e. The number of nitrogens with zero attached hydrogens (tertiary/aromatic N) is 1. The van der Waals surface area contributed by atoms with Gasteiger partial charge in [0.1, 0.15) is 0 Å². The Kier molecular flexibility index (Phi) is 4.93. The van der Waals surface area contributed by atoms with Crippen LogP contribution in [-0.4, -0.2) is 24.8 Å². The summed E-state index contributed by atoms with van der Waals surface area (Å²) in [6.07, 6.45) is 2.70. The van der Waals surface area contributed by atoms with E-state index >= 15 is 0 Å². The van der Waals surface area contributed by atoms with Crippen molar-refractivity contribution in [2.24, 2.45) is 0 Å². The van der Waals surface area contributed by atoms with Crippen molar-refractivity contribution in [2.45, 2.75) is 24.6 Å². The lowest BCUT2D eigenvalue weighted by molar-refractivity contribution is -0.431. The summed E-state index contributed by atoms with van der Waals surface area (Å²) in [4.78, 5) is 9.54. The number of nitro groups is 1. The molecule has 0 heterocycles. The van der Waals surface area contributed by atoms with Crippen molar-refractivity contribution in [3.63, 3.8) is 0 Å². The van der Waals surface area contributed by atoms with Crippen LogP contribution in [0, 0.1) is 10.1 Å². The van der Waals surface area contributed by atoms with Gasteiger partial charge >= 0.3 is 0 Å². The summed E-state index contributed by atoms with van der Waals surface area (Å²) in [7, 11) is -3.98. The molecule has 2 atom stereocenters. The highest BCUT2D eigenvalue weighted by atomic mass is 35.5. The van der Waals surface area contributed by atoms with Gasteiger partial charge in [0.25, 0.3) is 5.70 Å². The minimum atomic E-state index is -3.98. The molecule has 1 N–H and O–H groups in total. The summed E-state index contributed by atoms with van der Waals surface area (Å²) in [6, 6.07) is 8.64. The van der Waals surface area contributed by atoms with Gasteiger partial charge in [-0.3, -0.25) is 10.1 Å². The van der Waals surface area contributed by atoms with E-state index < -0.39 is 31.4 Å². The molecular formula is C15H17ClN2O4S. The zero-order valence-electron chi connectivity index (χ0n) is 12.7. The second-order valence-corrected chi connectivity index (χ2v) is 7.89. The summed E-state index contributed by atoms with van der Waals surface area (Å²) in [5, 5.41) is 11.7. The van der Waals surface area contributed by atoms with Gasteiger partial charge in [-0.2, -0.15) is 0 Å². The van der Waals surface area contributed by atoms with Crippen molar-refractivity contribution < 1.29 is 13.3 Å². The van der Waals surface area contributed by atoms with Crippen LogP contribution in [-0.2, 0) is 10.0 Å². The molecule has 0 radical (unpaired) electrons. The normalized spacial score (nSPS) is 24.7. The topological polar surface area (TPSA) is 89.3 Å². The lowest BCUT2D eigenvalue weighted by Gasteiger charge is -2.31. The molecule has 0 aromatic heterocycles. The van der Waals surface area contributed by atoms with Crippen LogP contribution in [0.25, 0.3) is 0 Å². The molecule has 1 aliphatic carbocycles. The van der Waals surface area contributed by atoms with Crippen LogP contribution in [0.3, 0.4) is 0 Å². The molecule has 2 rings (SSSR count). The maximum absolute atomic E-state index is 12.3. The molecule has 124 valence electrons.